The van der Waals surface area contributed by atoms with E-state index in [9.17, 15) is 4.79 Å². The van der Waals surface area contributed by atoms with Crippen molar-refractivity contribution in [2.24, 2.45) is 0 Å². The first-order valence-corrected chi connectivity index (χ1v) is 8.60. The van der Waals surface area contributed by atoms with E-state index in [4.69, 9.17) is 0 Å². The quantitative estimate of drug-likeness (QED) is 0.571. The molecule has 2 heterocycles. The Balaban J connectivity index is 1.79. The van der Waals surface area contributed by atoms with Crippen LogP contribution in [0, 0.1) is 20.8 Å². The summed E-state index contributed by atoms with van der Waals surface area (Å²) in [7, 11) is 0. The Morgan fingerprint density at radius 2 is 1.77 bits per heavy atom. The molecule has 2 aromatic heterocycles. The van der Waals surface area contributed by atoms with Crippen molar-refractivity contribution in [3.05, 3.63) is 87.6 Å². The lowest BCUT2D eigenvalue weighted by molar-refractivity contribution is 0.745. The molecule has 0 atom stereocenters. The van der Waals surface area contributed by atoms with Gasteiger partial charge in [0.05, 0.1) is 18.4 Å². The highest BCUT2D eigenvalue weighted by Gasteiger charge is 2.13. The van der Waals surface area contributed by atoms with Gasteiger partial charge in [-0.05, 0) is 43.5 Å². The highest BCUT2D eigenvalue weighted by Crippen LogP contribution is 2.20. The topological polar surface area (TPSA) is 52.7 Å². The molecule has 5 nitrogen and oxygen atoms in total. The predicted octanol–water partition coefficient (Wildman–Crippen LogP) is 3.56. The van der Waals surface area contributed by atoms with Gasteiger partial charge < -0.3 is 0 Å². The molecule has 0 amide bonds. The normalized spacial score (nSPS) is 11.2. The molecule has 0 unspecified atom stereocenters. The summed E-state index contributed by atoms with van der Waals surface area (Å²) in [6.45, 7) is 6.66. The van der Waals surface area contributed by atoms with Gasteiger partial charge in [0.15, 0.2) is 5.65 Å². The second kappa shape index (κ2) is 6.26. The lowest BCUT2D eigenvalue weighted by Crippen LogP contribution is -2.21. The van der Waals surface area contributed by atoms with Crippen molar-refractivity contribution < 1.29 is 0 Å². The zero-order valence-electron chi connectivity index (χ0n) is 15.1. The van der Waals surface area contributed by atoms with Crippen molar-refractivity contribution in [2.75, 3.05) is 0 Å². The summed E-state index contributed by atoms with van der Waals surface area (Å²) >= 11 is 0. The van der Waals surface area contributed by atoms with Gasteiger partial charge in [-0.25, -0.2) is 9.67 Å². The number of aryl methyl sites for hydroxylation is 2. The first-order valence-electron chi connectivity index (χ1n) is 8.60. The second-order valence-electron chi connectivity index (χ2n) is 6.68. The standard InChI is InChI=1S/C21H20N4O/c1-14-7-9-17(10-8-14)12-24-13-22-20-18(21(24)26)11-23-25(20)19-6-4-5-15(2)16(19)3/h4-11,13H,12H2,1-3H3. The molecule has 0 spiro atoms. The summed E-state index contributed by atoms with van der Waals surface area (Å²) in [6, 6.07) is 14.2. The minimum absolute atomic E-state index is 0.0767. The highest BCUT2D eigenvalue weighted by molar-refractivity contribution is 5.75. The van der Waals surface area contributed by atoms with Crippen LogP contribution in [0.15, 0.2) is 59.8 Å². The number of aromatic nitrogens is 4. The average molecular weight is 344 g/mol. The smallest absolute Gasteiger partial charge is 0.264 e. The van der Waals surface area contributed by atoms with Gasteiger partial charge in [0.25, 0.3) is 5.56 Å². The number of fused-ring (bicyclic) bond motifs is 1. The van der Waals surface area contributed by atoms with Crippen molar-refractivity contribution >= 4 is 11.0 Å². The van der Waals surface area contributed by atoms with Crippen molar-refractivity contribution in [1.29, 1.82) is 0 Å². The average Bonchev–Trinajstić information content (AvgIpc) is 3.06. The highest BCUT2D eigenvalue weighted by atomic mass is 16.1. The largest absolute Gasteiger partial charge is 0.294 e. The van der Waals surface area contributed by atoms with Crippen LogP contribution in [-0.4, -0.2) is 19.3 Å². The zero-order valence-corrected chi connectivity index (χ0v) is 15.1. The minimum Gasteiger partial charge on any atom is -0.294 e. The molecule has 2 aromatic carbocycles. The molecule has 0 saturated carbocycles. The van der Waals surface area contributed by atoms with Crippen LogP contribution in [-0.2, 0) is 6.54 Å². The third-order valence-corrected chi connectivity index (χ3v) is 4.83. The molecular formula is C21H20N4O. The Labute approximate surface area is 151 Å². The third-order valence-electron chi connectivity index (χ3n) is 4.83. The summed E-state index contributed by atoms with van der Waals surface area (Å²) in [5.41, 5.74) is 6.03. The fourth-order valence-corrected chi connectivity index (χ4v) is 3.09. The van der Waals surface area contributed by atoms with E-state index in [-0.39, 0.29) is 5.56 Å². The monoisotopic (exact) mass is 344 g/mol. The fourth-order valence-electron chi connectivity index (χ4n) is 3.09. The molecule has 0 aliphatic rings. The van der Waals surface area contributed by atoms with Crippen LogP contribution in [0.4, 0.5) is 0 Å². The first kappa shape index (κ1) is 16.3. The van der Waals surface area contributed by atoms with Gasteiger partial charge in [0.2, 0.25) is 0 Å². The van der Waals surface area contributed by atoms with E-state index in [0.717, 1.165) is 16.8 Å². The number of rotatable bonds is 3. The Morgan fingerprint density at radius 1 is 1.00 bits per heavy atom. The van der Waals surface area contributed by atoms with Crippen LogP contribution in [0.25, 0.3) is 16.7 Å². The van der Waals surface area contributed by atoms with Gasteiger partial charge in [-0.1, -0.05) is 42.0 Å². The number of hydrogen-bond acceptors (Lipinski definition) is 3. The molecule has 4 aromatic rings. The van der Waals surface area contributed by atoms with Crippen LogP contribution >= 0.6 is 0 Å². The maximum absolute atomic E-state index is 12.9. The Hall–Kier alpha value is -3.21. The number of benzene rings is 2. The van der Waals surface area contributed by atoms with Gasteiger partial charge in [0, 0.05) is 0 Å². The van der Waals surface area contributed by atoms with Crippen molar-refractivity contribution in [2.45, 2.75) is 27.3 Å². The summed E-state index contributed by atoms with van der Waals surface area (Å²) in [6.07, 6.45) is 3.21. The Morgan fingerprint density at radius 3 is 2.54 bits per heavy atom. The van der Waals surface area contributed by atoms with Crippen molar-refractivity contribution in [1.82, 2.24) is 19.3 Å². The van der Waals surface area contributed by atoms with Gasteiger partial charge in [-0.3, -0.25) is 9.36 Å². The van der Waals surface area contributed by atoms with Crippen LogP contribution in [0.2, 0.25) is 0 Å². The molecule has 0 N–H and O–H groups in total. The summed E-state index contributed by atoms with van der Waals surface area (Å²) in [5.74, 6) is 0. The maximum Gasteiger partial charge on any atom is 0.264 e. The van der Waals surface area contributed by atoms with Crippen LogP contribution in [0.3, 0.4) is 0 Å². The molecular weight excluding hydrogens is 324 g/mol. The molecule has 4 rings (SSSR count). The predicted molar refractivity (Wildman–Crippen MR) is 103 cm³/mol. The third kappa shape index (κ3) is 2.71. The van der Waals surface area contributed by atoms with Crippen LogP contribution < -0.4 is 5.56 Å². The van der Waals surface area contributed by atoms with E-state index in [1.165, 1.54) is 11.1 Å². The van der Waals surface area contributed by atoms with E-state index in [1.807, 2.05) is 43.3 Å². The molecule has 130 valence electrons. The van der Waals surface area contributed by atoms with Crippen molar-refractivity contribution in [3.63, 3.8) is 0 Å². The summed E-state index contributed by atoms with van der Waals surface area (Å²) in [5, 5.41) is 4.96. The maximum atomic E-state index is 12.9. The van der Waals surface area contributed by atoms with E-state index < -0.39 is 0 Å². The lowest BCUT2D eigenvalue weighted by atomic mass is 10.1. The van der Waals surface area contributed by atoms with Gasteiger partial charge in [-0.15, -0.1) is 0 Å². The molecule has 5 heteroatoms. The summed E-state index contributed by atoms with van der Waals surface area (Å²) < 4.78 is 3.37. The zero-order chi connectivity index (χ0) is 18.3. The van der Waals surface area contributed by atoms with Gasteiger partial charge >= 0.3 is 0 Å². The van der Waals surface area contributed by atoms with Gasteiger partial charge in [0.1, 0.15) is 11.7 Å². The first-order chi connectivity index (χ1) is 12.5. The Bertz CT molecular complexity index is 1150. The molecule has 0 radical (unpaired) electrons. The fraction of sp³-hybridized carbons (Fsp3) is 0.190. The molecule has 0 saturated heterocycles. The van der Waals surface area contributed by atoms with Gasteiger partial charge in [-0.2, -0.15) is 5.10 Å². The molecule has 0 aliphatic heterocycles. The van der Waals surface area contributed by atoms with E-state index in [2.05, 4.69) is 30.0 Å². The molecule has 0 aliphatic carbocycles. The lowest BCUT2D eigenvalue weighted by Gasteiger charge is -2.10. The summed E-state index contributed by atoms with van der Waals surface area (Å²) in [4.78, 5) is 17.4. The van der Waals surface area contributed by atoms with E-state index in [0.29, 0.717) is 17.6 Å². The SMILES string of the molecule is Cc1ccc(Cn2cnc3c(cnn3-c3cccc(C)c3C)c2=O)cc1. The molecule has 26 heavy (non-hydrogen) atoms. The van der Waals surface area contributed by atoms with E-state index in [1.54, 1.807) is 21.8 Å². The number of nitrogens with zero attached hydrogens (tertiary/aromatic N) is 4. The molecule has 0 bridgehead atoms. The van der Waals surface area contributed by atoms with Crippen LogP contribution in [0.5, 0.6) is 0 Å². The number of hydrogen-bond donors (Lipinski definition) is 0. The van der Waals surface area contributed by atoms with Crippen molar-refractivity contribution in [3.8, 4) is 5.69 Å². The molecule has 0 fully saturated rings. The second-order valence-corrected chi connectivity index (χ2v) is 6.68. The van der Waals surface area contributed by atoms with E-state index >= 15 is 0 Å². The van der Waals surface area contributed by atoms with Crippen LogP contribution in [0.1, 0.15) is 22.3 Å². The minimum atomic E-state index is -0.0767. The Kier molecular flexibility index (Phi) is 3.92.